The molecule has 1 aromatic rings. The first-order chi connectivity index (χ1) is 7.70. The van der Waals surface area contributed by atoms with Gasteiger partial charge in [0.15, 0.2) is 0 Å². The molecule has 1 N–H and O–H groups in total. The second-order valence-corrected chi connectivity index (χ2v) is 4.79. The van der Waals surface area contributed by atoms with Crippen LogP contribution in [0.1, 0.15) is 37.6 Å². The van der Waals surface area contributed by atoms with Crippen LogP contribution in [0.3, 0.4) is 0 Å². The van der Waals surface area contributed by atoms with E-state index in [1.165, 1.54) is 19.3 Å². The zero-order chi connectivity index (χ0) is 11.5. The number of halogens is 1. The van der Waals surface area contributed by atoms with Crippen molar-refractivity contribution >= 4 is 17.4 Å². The molecule has 4 heteroatoms. The Labute approximate surface area is 102 Å². The van der Waals surface area contributed by atoms with Gasteiger partial charge in [0.2, 0.25) is 0 Å². The highest BCUT2D eigenvalue weighted by Crippen LogP contribution is 2.27. The summed E-state index contributed by atoms with van der Waals surface area (Å²) < 4.78 is 0. The summed E-state index contributed by atoms with van der Waals surface area (Å²) >= 11 is 6.07. The molecule has 2 rings (SSSR count). The van der Waals surface area contributed by atoms with Crippen molar-refractivity contribution < 1.29 is 0 Å². The van der Waals surface area contributed by atoms with E-state index in [2.05, 4.69) is 15.3 Å². The fraction of sp³-hybridized carbons (Fsp3) is 0.667. The van der Waals surface area contributed by atoms with Crippen LogP contribution in [-0.2, 0) is 6.42 Å². The lowest BCUT2D eigenvalue weighted by Crippen LogP contribution is -2.22. The second kappa shape index (κ2) is 5.00. The number of hydrogen-bond acceptors (Lipinski definition) is 3. The summed E-state index contributed by atoms with van der Waals surface area (Å²) in [5.74, 6) is 2.54. The molecule has 0 aliphatic heterocycles. The summed E-state index contributed by atoms with van der Waals surface area (Å²) in [7, 11) is 0. The minimum Gasteiger partial charge on any atom is -0.369 e. The highest BCUT2D eigenvalue weighted by molar-refractivity contribution is 6.30. The quantitative estimate of drug-likeness (QED) is 0.820. The minimum atomic E-state index is 0.572. The van der Waals surface area contributed by atoms with E-state index in [0.29, 0.717) is 5.15 Å². The summed E-state index contributed by atoms with van der Waals surface area (Å²) in [4.78, 5) is 8.70. The lowest BCUT2D eigenvalue weighted by molar-refractivity contribution is 0.333. The maximum absolute atomic E-state index is 6.07. The molecule has 1 saturated carbocycles. The molecule has 0 saturated heterocycles. The summed E-state index contributed by atoms with van der Waals surface area (Å²) in [5.41, 5.74) is 0.957. The van der Waals surface area contributed by atoms with Gasteiger partial charge in [-0.15, -0.1) is 0 Å². The molecule has 1 aromatic heterocycles. The molecule has 0 radical (unpaired) electrons. The van der Waals surface area contributed by atoms with E-state index >= 15 is 0 Å². The smallest absolute Gasteiger partial charge is 0.137 e. The van der Waals surface area contributed by atoms with Crippen molar-refractivity contribution in [1.29, 1.82) is 0 Å². The number of aromatic nitrogens is 2. The van der Waals surface area contributed by atoms with Gasteiger partial charge in [0.05, 0.1) is 0 Å². The van der Waals surface area contributed by atoms with Gasteiger partial charge < -0.3 is 5.32 Å². The summed E-state index contributed by atoms with van der Waals surface area (Å²) in [6.45, 7) is 5.01. The maximum Gasteiger partial charge on any atom is 0.137 e. The van der Waals surface area contributed by atoms with Crippen LogP contribution < -0.4 is 5.32 Å². The van der Waals surface area contributed by atoms with Crippen molar-refractivity contribution in [1.82, 2.24) is 9.97 Å². The molecule has 0 spiro atoms. The maximum atomic E-state index is 6.07. The van der Waals surface area contributed by atoms with Crippen LogP contribution in [0.4, 0.5) is 5.82 Å². The minimum absolute atomic E-state index is 0.572. The van der Waals surface area contributed by atoms with Crippen molar-refractivity contribution in [3.8, 4) is 0 Å². The Morgan fingerprint density at radius 1 is 1.38 bits per heavy atom. The molecular weight excluding hydrogens is 222 g/mol. The van der Waals surface area contributed by atoms with Crippen molar-refractivity contribution in [2.24, 2.45) is 5.92 Å². The lowest BCUT2D eigenvalue weighted by Gasteiger charge is -2.26. The number of nitrogens with zero attached hydrogens (tertiary/aromatic N) is 2. The molecule has 0 aromatic carbocycles. The average Bonchev–Trinajstić information content (AvgIpc) is 2.21. The lowest BCUT2D eigenvalue weighted by atomic mass is 9.85. The first-order valence-electron chi connectivity index (χ1n) is 5.97. The molecular formula is C12H18ClN3. The Bertz CT molecular complexity index is 375. The molecule has 1 aliphatic rings. The molecule has 1 heterocycles. The molecule has 0 atom stereocenters. The van der Waals surface area contributed by atoms with E-state index in [1.807, 2.05) is 13.8 Å². The molecule has 0 bridgehead atoms. The molecule has 1 fully saturated rings. The largest absolute Gasteiger partial charge is 0.369 e. The number of anilines is 1. The van der Waals surface area contributed by atoms with Crippen LogP contribution in [-0.4, -0.2) is 16.5 Å². The fourth-order valence-corrected chi connectivity index (χ4v) is 1.99. The Balaban J connectivity index is 2.08. The Kier molecular flexibility index (Phi) is 3.64. The van der Waals surface area contributed by atoms with Gasteiger partial charge in [-0.05, 0) is 25.7 Å². The molecule has 88 valence electrons. The average molecular weight is 240 g/mol. The van der Waals surface area contributed by atoms with Crippen molar-refractivity contribution in [2.45, 2.75) is 39.5 Å². The van der Waals surface area contributed by atoms with Gasteiger partial charge in [-0.1, -0.05) is 24.9 Å². The van der Waals surface area contributed by atoms with E-state index in [9.17, 15) is 0 Å². The Morgan fingerprint density at radius 3 is 2.69 bits per heavy atom. The fourth-order valence-electron chi connectivity index (χ4n) is 1.80. The summed E-state index contributed by atoms with van der Waals surface area (Å²) in [6.07, 6.45) is 4.87. The van der Waals surface area contributed by atoms with Crippen LogP contribution >= 0.6 is 11.6 Å². The van der Waals surface area contributed by atoms with Gasteiger partial charge in [0.1, 0.15) is 16.8 Å². The van der Waals surface area contributed by atoms with Crippen LogP contribution in [0.5, 0.6) is 0 Å². The van der Waals surface area contributed by atoms with Gasteiger partial charge in [0.25, 0.3) is 0 Å². The van der Waals surface area contributed by atoms with Crippen molar-refractivity contribution in [3.63, 3.8) is 0 Å². The number of nitrogens with one attached hydrogen (secondary N) is 1. The number of rotatable bonds is 4. The highest BCUT2D eigenvalue weighted by Gasteiger charge is 2.18. The van der Waals surface area contributed by atoms with Crippen LogP contribution in [0.15, 0.2) is 0 Å². The van der Waals surface area contributed by atoms with Crippen LogP contribution in [0, 0.1) is 12.8 Å². The summed E-state index contributed by atoms with van der Waals surface area (Å²) in [5, 5.41) is 3.97. The monoisotopic (exact) mass is 239 g/mol. The van der Waals surface area contributed by atoms with Crippen LogP contribution in [0.2, 0.25) is 5.15 Å². The first-order valence-corrected chi connectivity index (χ1v) is 6.35. The van der Waals surface area contributed by atoms with E-state index in [4.69, 9.17) is 11.6 Å². The van der Waals surface area contributed by atoms with E-state index in [1.54, 1.807) is 0 Å². The third-order valence-electron chi connectivity index (χ3n) is 3.23. The predicted molar refractivity (Wildman–Crippen MR) is 67.0 cm³/mol. The Morgan fingerprint density at radius 2 is 2.12 bits per heavy atom. The first kappa shape index (κ1) is 11.6. The van der Waals surface area contributed by atoms with E-state index in [0.717, 1.165) is 36.1 Å². The van der Waals surface area contributed by atoms with Crippen LogP contribution in [0.25, 0.3) is 0 Å². The van der Waals surface area contributed by atoms with Gasteiger partial charge in [-0.25, -0.2) is 9.97 Å². The highest BCUT2D eigenvalue weighted by atomic mass is 35.5. The van der Waals surface area contributed by atoms with Gasteiger partial charge >= 0.3 is 0 Å². The molecule has 1 aliphatic carbocycles. The second-order valence-electron chi connectivity index (χ2n) is 4.44. The topological polar surface area (TPSA) is 37.8 Å². The predicted octanol–water partition coefficient (Wildman–Crippen LogP) is 3.21. The van der Waals surface area contributed by atoms with E-state index < -0.39 is 0 Å². The molecule has 3 nitrogen and oxygen atoms in total. The Hall–Kier alpha value is -0.830. The normalized spacial score (nSPS) is 15.9. The zero-order valence-electron chi connectivity index (χ0n) is 9.89. The third-order valence-corrected chi connectivity index (χ3v) is 3.60. The molecule has 0 amide bonds. The van der Waals surface area contributed by atoms with Crippen molar-refractivity contribution in [2.75, 3.05) is 11.9 Å². The van der Waals surface area contributed by atoms with E-state index in [-0.39, 0.29) is 0 Å². The zero-order valence-corrected chi connectivity index (χ0v) is 10.6. The number of hydrogen-bond donors (Lipinski definition) is 1. The van der Waals surface area contributed by atoms with Gasteiger partial charge in [-0.2, -0.15) is 0 Å². The standard InChI is InChI=1S/C12H18ClN3/c1-3-10-15-11(13)8(2)12(16-10)14-7-9-5-4-6-9/h9H,3-7H2,1-2H3,(H,14,15,16). The molecule has 16 heavy (non-hydrogen) atoms. The van der Waals surface area contributed by atoms with Gasteiger partial charge in [0, 0.05) is 18.5 Å². The molecule has 0 unspecified atom stereocenters. The number of aryl methyl sites for hydroxylation is 1. The SMILES string of the molecule is CCc1nc(Cl)c(C)c(NCC2CCC2)n1. The van der Waals surface area contributed by atoms with Crippen molar-refractivity contribution in [3.05, 3.63) is 16.5 Å². The van der Waals surface area contributed by atoms with Gasteiger partial charge in [-0.3, -0.25) is 0 Å². The summed E-state index contributed by atoms with van der Waals surface area (Å²) in [6, 6.07) is 0. The third kappa shape index (κ3) is 2.46.